The van der Waals surface area contributed by atoms with Gasteiger partial charge in [-0.05, 0) is 0 Å². The maximum Gasteiger partial charge on any atom is 0.397 e. The van der Waals surface area contributed by atoms with Crippen molar-refractivity contribution in [2.24, 2.45) is 0 Å². The van der Waals surface area contributed by atoms with Crippen molar-refractivity contribution in [2.45, 2.75) is 0 Å². The van der Waals surface area contributed by atoms with E-state index in [2.05, 4.69) is 10.8 Å². The van der Waals surface area contributed by atoms with Crippen molar-refractivity contribution in [3.8, 4) is 0 Å². The normalized spacial score (nSPS) is 9.89. The van der Waals surface area contributed by atoms with Gasteiger partial charge in [0.15, 0.2) is 0 Å². The fourth-order valence-corrected chi connectivity index (χ4v) is 0.402. The molecule has 0 rings (SSSR count). The van der Waals surface area contributed by atoms with Gasteiger partial charge < -0.3 is 0 Å². The monoisotopic (exact) mass is 361 g/mol. The Morgan fingerprint density at radius 3 is 2.22 bits per heavy atom. The summed E-state index contributed by atoms with van der Waals surface area (Å²) in [6.07, 6.45) is 1.22. The zero-order valence-corrected chi connectivity index (χ0v) is 14.1. The first-order valence-electron chi connectivity index (χ1n) is 1.79. The first kappa shape index (κ1) is 12.8. The van der Waals surface area contributed by atoms with Gasteiger partial charge in [0.2, 0.25) is 0 Å². The average Bonchev–Trinajstić information content (AvgIpc) is 1.59. The largest absolute Gasteiger partial charge is 0.397 e. The van der Waals surface area contributed by atoms with E-state index in [-0.39, 0.29) is 56.5 Å². The van der Waals surface area contributed by atoms with Gasteiger partial charge >= 0.3 is 10.4 Å². The van der Waals surface area contributed by atoms with Crippen LogP contribution in [-0.4, -0.2) is 19.6 Å². The van der Waals surface area contributed by atoms with E-state index < -0.39 is 10.4 Å². The van der Waals surface area contributed by atoms with E-state index in [0.29, 0.717) is 0 Å². The molecule has 0 heterocycles. The molecule has 0 spiro atoms. The zero-order chi connectivity index (χ0) is 6.62. The molecule has 6 heteroatoms. The van der Waals surface area contributed by atoms with Gasteiger partial charge in [0.1, 0.15) is 0 Å². The van der Waals surface area contributed by atoms with Crippen molar-refractivity contribution in [3.63, 3.8) is 0 Å². The van der Waals surface area contributed by atoms with Crippen molar-refractivity contribution < 1.29 is 67.0 Å². The molecule has 0 aromatic rings. The molecule has 0 aromatic heterocycles. The van der Waals surface area contributed by atoms with Crippen LogP contribution in [0.5, 0.6) is 0 Å². The Morgan fingerprint density at radius 2 is 2.11 bits per heavy atom. The minimum absolute atomic E-state index is 0. The van der Waals surface area contributed by atoms with Gasteiger partial charge in [-0.25, -0.2) is 4.18 Å². The molecule has 49 valence electrons. The van der Waals surface area contributed by atoms with E-state index in [9.17, 15) is 8.42 Å². The van der Waals surface area contributed by atoms with E-state index in [0.717, 1.165) is 0 Å². The summed E-state index contributed by atoms with van der Waals surface area (Å²) >= 11 is 0. The summed E-state index contributed by atoms with van der Waals surface area (Å²) in [5.41, 5.74) is 0. The standard InChI is InChI=1S/C3H6O4S.Fr/c1-2-3-7-8(4,5)6;/h2H,1,3H2,(H,4,5,6);. The van der Waals surface area contributed by atoms with Crippen molar-refractivity contribution in [1.29, 1.82) is 0 Å². The smallest absolute Gasteiger partial charge is 0.264 e. The third-order valence-corrected chi connectivity index (χ3v) is 0.769. The predicted molar refractivity (Wildman–Crippen MR) is 27.7 cm³/mol. The fraction of sp³-hybridized carbons (Fsp3) is 0.333. The molecule has 0 atom stereocenters. The van der Waals surface area contributed by atoms with Gasteiger partial charge in [0, 0.05) is 49.9 Å². The molecule has 0 unspecified atom stereocenters. The molecule has 0 aromatic carbocycles. The van der Waals surface area contributed by atoms with Crippen LogP contribution < -0.4 is 0 Å². The molecule has 1 radical (unpaired) electrons. The van der Waals surface area contributed by atoms with Gasteiger partial charge in [-0.1, -0.05) is 6.08 Å². The minimum atomic E-state index is -4.26. The van der Waals surface area contributed by atoms with Crippen molar-refractivity contribution in [2.75, 3.05) is 6.61 Å². The van der Waals surface area contributed by atoms with Crippen LogP contribution in [-0.2, 0) is 14.6 Å². The molecule has 0 aliphatic carbocycles. The molecule has 9 heavy (non-hydrogen) atoms. The van der Waals surface area contributed by atoms with Crippen LogP contribution in [0, 0.1) is 49.9 Å². The minimum Gasteiger partial charge on any atom is -0.264 e. The number of hydrogen-bond donors (Lipinski definition) is 1. The van der Waals surface area contributed by atoms with E-state index in [1.54, 1.807) is 0 Å². The molecular formula is C3H6FrO4S. The Bertz CT molecular complexity index is 161. The van der Waals surface area contributed by atoms with Crippen LogP contribution in [0.25, 0.3) is 0 Å². The molecule has 0 amide bonds. The molecule has 0 saturated carbocycles. The summed E-state index contributed by atoms with van der Waals surface area (Å²) in [4.78, 5) is 0. The van der Waals surface area contributed by atoms with Gasteiger partial charge in [-0.2, -0.15) is 8.42 Å². The zero-order valence-electron chi connectivity index (χ0n) is 5.07. The quantitative estimate of drug-likeness (QED) is 0.568. The summed E-state index contributed by atoms with van der Waals surface area (Å²) in [6.45, 7) is 2.97. The summed E-state index contributed by atoms with van der Waals surface area (Å²) in [5.74, 6) is 0. The second-order valence-electron chi connectivity index (χ2n) is 1.00. The van der Waals surface area contributed by atoms with Crippen molar-refractivity contribution >= 4 is 10.4 Å². The maximum absolute atomic E-state index is 9.68. The second kappa shape index (κ2) is 5.95. The molecule has 0 saturated heterocycles. The molecule has 0 fully saturated rings. The third-order valence-electron chi connectivity index (χ3n) is 0.335. The third kappa shape index (κ3) is 12.4. The number of hydrogen-bond acceptors (Lipinski definition) is 3. The van der Waals surface area contributed by atoms with Crippen LogP contribution in [0.1, 0.15) is 0 Å². The summed E-state index contributed by atoms with van der Waals surface area (Å²) in [7, 11) is -4.26. The fourth-order valence-electron chi connectivity index (χ4n) is 0.134. The average molecular weight is 361 g/mol. The Labute approximate surface area is 95.2 Å². The van der Waals surface area contributed by atoms with Crippen LogP contribution >= 0.6 is 0 Å². The van der Waals surface area contributed by atoms with Crippen LogP contribution in [0.4, 0.5) is 0 Å². The molecule has 0 bridgehead atoms. The number of rotatable bonds is 3. The summed E-state index contributed by atoms with van der Waals surface area (Å²) in [5, 5.41) is 0. The first-order chi connectivity index (χ1) is 3.56. The Hall–Kier alpha value is 1.21. The Morgan fingerprint density at radius 1 is 1.67 bits per heavy atom. The van der Waals surface area contributed by atoms with Gasteiger partial charge in [0.25, 0.3) is 0 Å². The second-order valence-corrected chi connectivity index (χ2v) is 2.09. The molecule has 1 N–H and O–H groups in total. The van der Waals surface area contributed by atoms with Crippen molar-refractivity contribution in [1.82, 2.24) is 0 Å². The van der Waals surface area contributed by atoms with E-state index in [1.807, 2.05) is 0 Å². The van der Waals surface area contributed by atoms with Crippen molar-refractivity contribution in [3.05, 3.63) is 12.7 Å². The van der Waals surface area contributed by atoms with Gasteiger partial charge in [0.05, 0.1) is 6.61 Å². The molecule has 0 aliphatic heterocycles. The summed E-state index contributed by atoms with van der Waals surface area (Å²) < 4.78 is 31.0. The van der Waals surface area contributed by atoms with Crippen LogP contribution in [0.3, 0.4) is 0 Å². The van der Waals surface area contributed by atoms with E-state index in [1.165, 1.54) is 6.08 Å². The van der Waals surface area contributed by atoms with E-state index in [4.69, 9.17) is 4.55 Å². The van der Waals surface area contributed by atoms with Crippen LogP contribution in [0.15, 0.2) is 12.7 Å². The maximum atomic E-state index is 9.68. The predicted octanol–water partition coefficient (Wildman–Crippen LogP) is -0.00820. The summed E-state index contributed by atoms with van der Waals surface area (Å²) in [6, 6.07) is 0. The Kier molecular flexibility index (Phi) is 8.50. The Balaban J connectivity index is 0. The first-order valence-corrected chi connectivity index (χ1v) is 3.15. The van der Waals surface area contributed by atoms with Crippen LogP contribution in [0.2, 0.25) is 0 Å². The van der Waals surface area contributed by atoms with Gasteiger partial charge in [-0.3, -0.25) is 4.55 Å². The topological polar surface area (TPSA) is 63.6 Å². The van der Waals surface area contributed by atoms with E-state index >= 15 is 0 Å². The molecule has 0 aliphatic rings. The molecular weight excluding hydrogens is 355 g/mol. The molecule has 4 nitrogen and oxygen atoms in total. The van der Waals surface area contributed by atoms with Gasteiger partial charge in [-0.15, -0.1) is 6.58 Å². The SMILES string of the molecule is C=CCOS(=O)(=O)O.[Fr].